The minimum atomic E-state index is -3.96. The fourth-order valence-electron chi connectivity index (χ4n) is 2.79. The van der Waals surface area contributed by atoms with E-state index in [1.165, 1.54) is 18.2 Å². The second-order valence-corrected chi connectivity index (χ2v) is 8.66. The summed E-state index contributed by atoms with van der Waals surface area (Å²) in [5.41, 5.74) is 1.43. The zero-order valence-corrected chi connectivity index (χ0v) is 18.3. The van der Waals surface area contributed by atoms with E-state index in [9.17, 15) is 8.42 Å². The molecule has 0 saturated heterocycles. The highest BCUT2D eigenvalue weighted by Crippen LogP contribution is 2.29. The number of halogens is 1. The van der Waals surface area contributed by atoms with Gasteiger partial charge in [-0.3, -0.25) is 4.99 Å². The first-order valence-corrected chi connectivity index (χ1v) is 11.4. The van der Waals surface area contributed by atoms with Crippen LogP contribution in [-0.2, 0) is 10.1 Å². The van der Waals surface area contributed by atoms with Crippen molar-refractivity contribution in [2.75, 3.05) is 0 Å². The average Bonchev–Trinajstić information content (AvgIpc) is 2.81. The molecule has 0 N–H and O–H groups in total. The molecule has 0 atom stereocenters. The van der Waals surface area contributed by atoms with Gasteiger partial charge in [0, 0.05) is 6.21 Å². The van der Waals surface area contributed by atoms with E-state index in [2.05, 4.69) is 4.99 Å². The van der Waals surface area contributed by atoms with Crippen molar-refractivity contribution in [1.29, 1.82) is 0 Å². The first-order valence-electron chi connectivity index (χ1n) is 9.66. The molecule has 5 nitrogen and oxygen atoms in total. The van der Waals surface area contributed by atoms with E-state index in [1.54, 1.807) is 36.5 Å². The lowest BCUT2D eigenvalue weighted by atomic mass is 10.2. The lowest BCUT2D eigenvalue weighted by Gasteiger charge is -2.09. The van der Waals surface area contributed by atoms with Crippen molar-refractivity contribution in [2.24, 2.45) is 4.99 Å². The van der Waals surface area contributed by atoms with Gasteiger partial charge in [-0.25, -0.2) is 0 Å². The molecule has 4 aromatic carbocycles. The monoisotopic (exact) mass is 463 g/mol. The Labute approximate surface area is 191 Å². The lowest BCUT2D eigenvalue weighted by Crippen LogP contribution is -2.09. The van der Waals surface area contributed by atoms with Crippen LogP contribution < -0.4 is 8.92 Å². The van der Waals surface area contributed by atoms with E-state index in [1.807, 2.05) is 54.6 Å². The number of para-hydroxylation sites is 1. The zero-order valence-electron chi connectivity index (χ0n) is 16.8. The second kappa shape index (κ2) is 9.68. The molecule has 0 aliphatic rings. The quantitative estimate of drug-likeness (QED) is 0.227. The van der Waals surface area contributed by atoms with E-state index in [0.717, 1.165) is 11.4 Å². The molecule has 0 unspecified atom stereocenters. The summed E-state index contributed by atoms with van der Waals surface area (Å²) in [7, 11) is -3.96. The number of nitrogens with zero attached hydrogens (tertiary/aromatic N) is 1. The Morgan fingerprint density at radius 2 is 1.38 bits per heavy atom. The molecule has 0 radical (unpaired) electrons. The van der Waals surface area contributed by atoms with Gasteiger partial charge < -0.3 is 8.92 Å². The maximum atomic E-state index is 12.4. The molecule has 0 heterocycles. The molecule has 0 aliphatic heterocycles. The van der Waals surface area contributed by atoms with Crippen LogP contribution in [0.4, 0.5) is 5.69 Å². The molecule has 7 heteroatoms. The first-order chi connectivity index (χ1) is 15.5. The van der Waals surface area contributed by atoms with Gasteiger partial charge in [0.2, 0.25) is 0 Å². The smallest absolute Gasteiger partial charge is 0.339 e. The van der Waals surface area contributed by atoms with Crippen LogP contribution in [0.1, 0.15) is 5.56 Å². The molecule has 0 fully saturated rings. The second-order valence-electron chi connectivity index (χ2n) is 6.71. The highest BCUT2D eigenvalue weighted by molar-refractivity contribution is 7.87. The highest BCUT2D eigenvalue weighted by atomic mass is 35.5. The van der Waals surface area contributed by atoms with Crippen molar-refractivity contribution in [3.8, 4) is 17.2 Å². The molecule has 0 aliphatic carbocycles. The molecule has 0 bridgehead atoms. The van der Waals surface area contributed by atoms with Gasteiger partial charge in [-0.05, 0) is 72.3 Å². The van der Waals surface area contributed by atoms with Gasteiger partial charge in [0.1, 0.15) is 16.4 Å². The zero-order chi connectivity index (χ0) is 22.4. The normalized spacial score (nSPS) is 11.4. The van der Waals surface area contributed by atoms with Crippen molar-refractivity contribution in [3.63, 3.8) is 0 Å². The molecule has 4 aromatic rings. The van der Waals surface area contributed by atoms with Gasteiger partial charge in [-0.2, -0.15) is 8.42 Å². The maximum absolute atomic E-state index is 12.4. The number of hydrogen-bond acceptors (Lipinski definition) is 5. The third-order valence-corrected chi connectivity index (χ3v) is 5.91. The Morgan fingerprint density at radius 3 is 2.03 bits per heavy atom. The Balaban J connectivity index is 1.43. The van der Waals surface area contributed by atoms with E-state index in [-0.39, 0.29) is 15.7 Å². The predicted octanol–water partition coefficient (Wildman–Crippen LogP) is 6.65. The van der Waals surface area contributed by atoms with Gasteiger partial charge in [0.15, 0.2) is 5.75 Å². The summed E-state index contributed by atoms with van der Waals surface area (Å²) in [6, 6.07) is 29.5. The molecule has 4 rings (SSSR count). The largest absolute Gasteiger partial charge is 0.457 e. The van der Waals surface area contributed by atoms with Crippen LogP contribution in [0.3, 0.4) is 0 Å². The lowest BCUT2D eigenvalue weighted by molar-refractivity contribution is 0.482. The van der Waals surface area contributed by atoms with Crippen molar-refractivity contribution in [2.45, 2.75) is 4.90 Å². The molecule has 0 spiro atoms. The summed E-state index contributed by atoms with van der Waals surface area (Å²) in [6.07, 6.45) is 1.63. The molecular weight excluding hydrogens is 446 g/mol. The Kier molecular flexibility index (Phi) is 6.54. The highest BCUT2D eigenvalue weighted by Gasteiger charge is 2.17. The molecule has 160 valence electrons. The van der Waals surface area contributed by atoms with Crippen LogP contribution in [-0.4, -0.2) is 14.6 Å². The molecule has 0 aromatic heterocycles. The first kappa shape index (κ1) is 21.6. The topological polar surface area (TPSA) is 65.0 Å². The van der Waals surface area contributed by atoms with E-state index in [0.29, 0.717) is 11.3 Å². The third kappa shape index (κ3) is 5.55. The standard InChI is InChI=1S/C25H18ClNO4S/c26-24-17-19(11-16-25(24)31-32(28,29)23-9-5-2-6-10-23)18-27-20-12-14-22(15-13-20)30-21-7-3-1-4-8-21/h1-18H. The van der Waals surface area contributed by atoms with Crippen LogP contribution in [0.2, 0.25) is 5.02 Å². The minimum absolute atomic E-state index is 0.0510. The third-order valence-electron chi connectivity index (χ3n) is 4.37. The van der Waals surface area contributed by atoms with Gasteiger partial charge in [0.05, 0.1) is 10.7 Å². The Hall–Kier alpha value is -3.61. The van der Waals surface area contributed by atoms with Crippen molar-refractivity contribution in [3.05, 3.63) is 114 Å². The molecule has 32 heavy (non-hydrogen) atoms. The number of benzene rings is 4. The van der Waals surface area contributed by atoms with E-state index in [4.69, 9.17) is 20.5 Å². The number of ether oxygens (including phenoxy) is 1. The average molecular weight is 464 g/mol. The molecule has 0 saturated carbocycles. The molecular formula is C25H18ClNO4S. The summed E-state index contributed by atoms with van der Waals surface area (Å²) in [5, 5.41) is 0.167. The van der Waals surface area contributed by atoms with Gasteiger partial charge in [-0.1, -0.05) is 48.0 Å². The number of hydrogen-bond donors (Lipinski definition) is 0. The Bertz CT molecular complexity index is 1320. The summed E-state index contributed by atoms with van der Waals surface area (Å²) in [6.45, 7) is 0. The Morgan fingerprint density at radius 1 is 0.750 bits per heavy atom. The summed E-state index contributed by atoms with van der Waals surface area (Å²) in [4.78, 5) is 4.48. The fourth-order valence-corrected chi connectivity index (χ4v) is 4.03. The van der Waals surface area contributed by atoms with E-state index >= 15 is 0 Å². The van der Waals surface area contributed by atoms with Crippen LogP contribution in [0.25, 0.3) is 0 Å². The summed E-state index contributed by atoms with van der Waals surface area (Å²) < 4.78 is 35.7. The fraction of sp³-hybridized carbons (Fsp3) is 0. The van der Waals surface area contributed by atoms with Crippen LogP contribution >= 0.6 is 11.6 Å². The SMILES string of the molecule is O=S(=O)(Oc1ccc(C=Nc2ccc(Oc3ccccc3)cc2)cc1Cl)c1ccccc1. The summed E-state index contributed by atoms with van der Waals surface area (Å²) >= 11 is 6.23. The van der Waals surface area contributed by atoms with E-state index < -0.39 is 10.1 Å². The van der Waals surface area contributed by atoms with Gasteiger partial charge in [0.25, 0.3) is 0 Å². The summed E-state index contributed by atoms with van der Waals surface area (Å²) in [5.74, 6) is 1.52. The van der Waals surface area contributed by atoms with Gasteiger partial charge in [-0.15, -0.1) is 0 Å². The maximum Gasteiger partial charge on any atom is 0.339 e. The van der Waals surface area contributed by atoms with Crippen molar-refractivity contribution in [1.82, 2.24) is 0 Å². The van der Waals surface area contributed by atoms with Crippen LogP contribution in [0.5, 0.6) is 17.2 Å². The number of aliphatic imine (C=N–C) groups is 1. The van der Waals surface area contributed by atoms with Crippen LogP contribution in [0.15, 0.2) is 113 Å². The molecule has 0 amide bonds. The van der Waals surface area contributed by atoms with Crippen molar-refractivity contribution < 1.29 is 17.3 Å². The number of rotatable bonds is 7. The predicted molar refractivity (Wildman–Crippen MR) is 126 cm³/mol. The van der Waals surface area contributed by atoms with Crippen LogP contribution in [0, 0.1) is 0 Å². The van der Waals surface area contributed by atoms with Crippen molar-refractivity contribution >= 4 is 33.6 Å². The van der Waals surface area contributed by atoms with Gasteiger partial charge >= 0.3 is 10.1 Å². The minimum Gasteiger partial charge on any atom is -0.457 e.